The molecule has 0 heterocycles. The van der Waals surface area contributed by atoms with Crippen molar-refractivity contribution in [1.82, 2.24) is 0 Å². The van der Waals surface area contributed by atoms with Gasteiger partial charge >= 0.3 is 6.18 Å². The number of halogens is 3. The van der Waals surface area contributed by atoms with Crippen molar-refractivity contribution in [3.8, 4) is 0 Å². The largest absolute Gasteiger partial charge is 0.416 e. The van der Waals surface area contributed by atoms with E-state index >= 15 is 0 Å². The van der Waals surface area contributed by atoms with Gasteiger partial charge in [-0.15, -0.1) is 0 Å². The van der Waals surface area contributed by atoms with Crippen LogP contribution in [-0.4, -0.2) is 6.04 Å². The average molecular weight is 273 g/mol. The van der Waals surface area contributed by atoms with Gasteiger partial charge in [-0.05, 0) is 30.2 Å². The summed E-state index contributed by atoms with van der Waals surface area (Å²) in [5.41, 5.74) is 11.0. The normalized spacial score (nSPS) is 14.6. The second-order valence-electron chi connectivity index (χ2n) is 4.65. The lowest BCUT2D eigenvalue weighted by Crippen LogP contribution is -2.26. The molecule has 0 aliphatic carbocycles. The number of hydrogen-bond donors (Lipinski definition) is 3. The lowest BCUT2D eigenvalue weighted by molar-refractivity contribution is -0.137. The van der Waals surface area contributed by atoms with E-state index in [4.69, 9.17) is 11.5 Å². The van der Waals surface area contributed by atoms with Gasteiger partial charge in [0, 0.05) is 11.7 Å². The molecule has 5 N–H and O–H groups in total. The van der Waals surface area contributed by atoms with Gasteiger partial charge in [0.15, 0.2) is 0 Å². The summed E-state index contributed by atoms with van der Waals surface area (Å²) in [5.74, 6) is 0.433. The number of nitrogens with one attached hydrogen (secondary N) is 1. The molecule has 0 amide bonds. The molecule has 0 aromatic heterocycles. The van der Waals surface area contributed by atoms with Crippen molar-refractivity contribution >= 4 is 5.69 Å². The summed E-state index contributed by atoms with van der Waals surface area (Å²) in [7, 11) is 0. The van der Waals surface area contributed by atoms with Crippen molar-refractivity contribution in [2.45, 2.75) is 26.1 Å². The fourth-order valence-corrected chi connectivity index (χ4v) is 1.38. The van der Waals surface area contributed by atoms with Crippen molar-refractivity contribution in [3.63, 3.8) is 0 Å². The Morgan fingerprint density at radius 2 is 1.95 bits per heavy atom. The predicted molar refractivity (Wildman–Crippen MR) is 70.2 cm³/mol. The first-order chi connectivity index (χ1) is 8.70. The molecular weight excluding hydrogens is 255 g/mol. The summed E-state index contributed by atoms with van der Waals surface area (Å²) in [6, 6.07) is 4.59. The molecule has 0 saturated carbocycles. The van der Waals surface area contributed by atoms with Gasteiger partial charge in [-0.3, -0.25) is 0 Å². The Hall–Kier alpha value is -1.69. The van der Waals surface area contributed by atoms with Gasteiger partial charge in [0.05, 0.1) is 11.4 Å². The molecule has 0 saturated heterocycles. The standard InChI is InChI=1S/C13H18F3N3/c1-8(2)11(17)7-12(18)19-10-5-3-4-9(6-10)13(14,15)16/h3-8,11,19H,17-18H2,1-2H3/b12-7-. The zero-order valence-electron chi connectivity index (χ0n) is 10.8. The lowest BCUT2D eigenvalue weighted by atomic mass is 10.1. The van der Waals surface area contributed by atoms with E-state index < -0.39 is 11.7 Å². The van der Waals surface area contributed by atoms with Crippen LogP contribution in [0.3, 0.4) is 0 Å². The van der Waals surface area contributed by atoms with Crippen molar-refractivity contribution in [3.05, 3.63) is 41.7 Å². The first kappa shape index (κ1) is 15.4. The average Bonchev–Trinajstić information content (AvgIpc) is 2.27. The molecule has 0 spiro atoms. The van der Waals surface area contributed by atoms with Gasteiger partial charge in [0.1, 0.15) is 0 Å². The summed E-state index contributed by atoms with van der Waals surface area (Å²) < 4.78 is 37.6. The Labute approximate surface area is 110 Å². The van der Waals surface area contributed by atoms with Crippen LogP contribution in [0.5, 0.6) is 0 Å². The minimum absolute atomic E-state index is 0.196. The highest BCUT2D eigenvalue weighted by Gasteiger charge is 2.30. The third-order valence-corrected chi connectivity index (χ3v) is 2.62. The first-order valence-corrected chi connectivity index (χ1v) is 5.87. The van der Waals surface area contributed by atoms with E-state index in [0.29, 0.717) is 0 Å². The highest BCUT2D eigenvalue weighted by molar-refractivity contribution is 5.50. The van der Waals surface area contributed by atoms with Crippen molar-refractivity contribution < 1.29 is 13.2 Å². The highest BCUT2D eigenvalue weighted by Crippen LogP contribution is 2.30. The van der Waals surface area contributed by atoms with E-state index in [1.165, 1.54) is 12.1 Å². The minimum Gasteiger partial charge on any atom is -0.385 e. The Balaban J connectivity index is 2.83. The zero-order valence-corrected chi connectivity index (χ0v) is 10.8. The van der Waals surface area contributed by atoms with Gasteiger partial charge in [-0.2, -0.15) is 13.2 Å². The zero-order chi connectivity index (χ0) is 14.6. The fraction of sp³-hybridized carbons (Fsp3) is 0.385. The van der Waals surface area contributed by atoms with Crippen molar-refractivity contribution in [2.75, 3.05) is 5.32 Å². The van der Waals surface area contributed by atoms with Crippen molar-refractivity contribution in [2.24, 2.45) is 17.4 Å². The van der Waals surface area contributed by atoms with E-state index in [1.807, 2.05) is 13.8 Å². The summed E-state index contributed by atoms with van der Waals surface area (Å²) in [4.78, 5) is 0. The second-order valence-corrected chi connectivity index (χ2v) is 4.65. The third-order valence-electron chi connectivity index (χ3n) is 2.62. The molecule has 1 atom stereocenters. The maximum Gasteiger partial charge on any atom is 0.416 e. The summed E-state index contributed by atoms with van der Waals surface area (Å²) in [5, 5.41) is 2.70. The summed E-state index contributed by atoms with van der Waals surface area (Å²) in [6.07, 6.45) is -2.78. The molecule has 0 aliphatic rings. The SMILES string of the molecule is CC(C)C(N)/C=C(/N)Nc1cccc(C(F)(F)F)c1. The highest BCUT2D eigenvalue weighted by atomic mass is 19.4. The number of rotatable bonds is 4. The number of alkyl halides is 3. The van der Waals surface area contributed by atoms with E-state index in [9.17, 15) is 13.2 Å². The number of anilines is 1. The lowest BCUT2D eigenvalue weighted by Gasteiger charge is -2.14. The topological polar surface area (TPSA) is 64.1 Å². The molecule has 0 fully saturated rings. The quantitative estimate of drug-likeness (QED) is 0.790. The van der Waals surface area contributed by atoms with Crippen LogP contribution in [0.25, 0.3) is 0 Å². The van der Waals surface area contributed by atoms with Crippen LogP contribution < -0.4 is 16.8 Å². The van der Waals surface area contributed by atoms with E-state index in [1.54, 1.807) is 6.08 Å². The van der Waals surface area contributed by atoms with Crippen molar-refractivity contribution in [1.29, 1.82) is 0 Å². The van der Waals surface area contributed by atoms with Crippen LogP contribution in [0.1, 0.15) is 19.4 Å². The van der Waals surface area contributed by atoms with E-state index in [-0.39, 0.29) is 23.5 Å². The molecular formula is C13H18F3N3. The molecule has 0 radical (unpaired) electrons. The number of benzene rings is 1. The monoisotopic (exact) mass is 273 g/mol. The van der Waals surface area contributed by atoms with Crippen LogP contribution in [0, 0.1) is 5.92 Å². The fourth-order valence-electron chi connectivity index (χ4n) is 1.38. The summed E-state index contributed by atoms with van der Waals surface area (Å²) >= 11 is 0. The second kappa shape index (κ2) is 5.97. The Kier molecular flexibility index (Phi) is 4.83. The van der Waals surface area contributed by atoms with E-state index in [0.717, 1.165) is 12.1 Å². The van der Waals surface area contributed by atoms with E-state index in [2.05, 4.69) is 5.32 Å². The molecule has 0 aliphatic heterocycles. The van der Waals surface area contributed by atoms with Crippen LogP contribution in [0.4, 0.5) is 18.9 Å². The van der Waals surface area contributed by atoms with Crippen LogP contribution in [0.2, 0.25) is 0 Å². The molecule has 1 rings (SSSR count). The van der Waals surface area contributed by atoms with Gasteiger partial charge in [-0.25, -0.2) is 0 Å². The number of nitrogens with two attached hydrogens (primary N) is 2. The molecule has 1 unspecified atom stereocenters. The first-order valence-electron chi connectivity index (χ1n) is 5.87. The molecule has 19 heavy (non-hydrogen) atoms. The Morgan fingerprint density at radius 1 is 1.32 bits per heavy atom. The minimum atomic E-state index is -4.37. The molecule has 0 bridgehead atoms. The smallest absolute Gasteiger partial charge is 0.385 e. The van der Waals surface area contributed by atoms with Gasteiger partial charge in [0.25, 0.3) is 0 Å². The molecule has 1 aromatic carbocycles. The molecule has 6 heteroatoms. The van der Waals surface area contributed by atoms with Gasteiger partial charge < -0.3 is 16.8 Å². The maximum absolute atomic E-state index is 12.5. The van der Waals surface area contributed by atoms with Crippen LogP contribution in [0.15, 0.2) is 36.2 Å². The summed E-state index contributed by atoms with van der Waals surface area (Å²) in [6.45, 7) is 3.86. The Morgan fingerprint density at radius 3 is 2.47 bits per heavy atom. The number of hydrogen-bond acceptors (Lipinski definition) is 3. The van der Waals surface area contributed by atoms with Crippen LogP contribution >= 0.6 is 0 Å². The predicted octanol–water partition coefficient (Wildman–Crippen LogP) is 2.90. The maximum atomic E-state index is 12.5. The van der Waals surface area contributed by atoms with Crippen LogP contribution in [-0.2, 0) is 6.18 Å². The molecule has 106 valence electrons. The molecule has 3 nitrogen and oxygen atoms in total. The van der Waals surface area contributed by atoms with Gasteiger partial charge in [-0.1, -0.05) is 19.9 Å². The third kappa shape index (κ3) is 4.82. The van der Waals surface area contributed by atoms with Gasteiger partial charge in [0.2, 0.25) is 0 Å². The Bertz CT molecular complexity index is 453. The molecule has 1 aromatic rings.